The summed E-state index contributed by atoms with van der Waals surface area (Å²) in [4.78, 5) is 4.34. The van der Waals surface area contributed by atoms with Crippen LogP contribution in [0.3, 0.4) is 0 Å². The van der Waals surface area contributed by atoms with Crippen molar-refractivity contribution < 1.29 is 4.39 Å². The molecular formula is C15H14FN3. The van der Waals surface area contributed by atoms with Gasteiger partial charge in [0.15, 0.2) is 0 Å². The molecule has 3 aromatic rings. The van der Waals surface area contributed by atoms with Crippen molar-refractivity contribution in [1.82, 2.24) is 9.55 Å². The van der Waals surface area contributed by atoms with Crippen LogP contribution in [0, 0.1) is 5.82 Å². The number of halogens is 1. The third-order valence-corrected chi connectivity index (χ3v) is 3.33. The Morgan fingerprint density at radius 2 is 2.11 bits per heavy atom. The molecule has 0 aliphatic carbocycles. The molecule has 0 atom stereocenters. The summed E-state index contributed by atoms with van der Waals surface area (Å²) >= 11 is 0. The topological polar surface area (TPSA) is 43.8 Å². The number of nitrogens with two attached hydrogens (primary N) is 1. The Hall–Kier alpha value is -2.20. The standard InChI is InChI=1S/C15H14FN3/c1-19-14(13-7-10(9-17)5-6-18-13)8-11-3-2-4-12(16)15(11)19/h2-8H,9,17H2,1H3. The maximum Gasteiger partial charge on any atom is 0.147 e. The second-order valence-electron chi connectivity index (χ2n) is 4.52. The smallest absolute Gasteiger partial charge is 0.147 e. The summed E-state index contributed by atoms with van der Waals surface area (Å²) in [5.41, 5.74) is 8.94. The van der Waals surface area contributed by atoms with Crippen molar-refractivity contribution in [3.8, 4) is 11.4 Å². The average molecular weight is 255 g/mol. The summed E-state index contributed by atoms with van der Waals surface area (Å²) < 4.78 is 15.7. The molecule has 0 saturated carbocycles. The van der Waals surface area contributed by atoms with Gasteiger partial charge in [-0.3, -0.25) is 4.98 Å². The molecule has 4 heteroatoms. The van der Waals surface area contributed by atoms with Crippen molar-refractivity contribution in [2.24, 2.45) is 12.8 Å². The molecule has 1 aromatic carbocycles. The van der Waals surface area contributed by atoms with Crippen LogP contribution >= 0.6 is 0 Å². The SMILES string of the molecule is Cn1c(-c2cc(CN)ccn2)cc2cccc(F)c21. The van der Waals surface area contributed by atoms with Crippen molar-refractivity contribution >= 4 is 10.9 Å². The van der Waals surface area contributed by atoms with Gasteiger partial charge in [0, 0.05) is 25.2 Å². The van der Waals surface area contributed by atoms with Crippen LogP contribution in [0.25, 0.3) is 22.3 Å². The number of hydrogen-bond donors (Lipinski definition) is 1. The highest BCUT2D eigenvalue weighted by molar-refractivity contribution is 5.86. The highest BCUT2D eigenvalue weighted by Gasteiger charge is 2.12. The van der Waals surface area contributed by atoms with E-state index in [0.717, 1.165) is 22.3 Å². The molecule has 0 aliphatic heterocycles. The molecule has 0 spiro atoms. The summed E-state index contributed by atoms with van der Waals surface area (Å²) in [6.45, 7) is 0.466. The molecular weight excluding hydrogens is 241 g/mol. The number of nitrogens with zero attached hydrogens (tertiary/aromatic N) is 2. The van der Waals surface area contributed by atoms with Gasteiger partial charge in [0.05, 0.1) is 16.9 Å². The van der Waals surface area contributed by atoms with Crippen LogP contribution in [0.5, 0.6) is 0 Å². The Kier molecular flexibility index (Phi) is 2.80. The Morgan fingerprint density at radius 1 is 1.26 bits per heavy atom. The zero-order valence-corrected chi connectivity index (χ0v) is 10.6. The number of pyridine rings is 1. The summed E-state index contributed by atoms with van der Waals surface area (Å²) in [7, 11) is 1.84. The molecule has 0 radical (unpaired) electrons. The minimum atomic E-state index is -0.221. The molecule has 0 aliphatic rings. The van der Waals surface area contributed by atoms with Crippen LogP contribution in [-0.2, 0) is 13.6 Å². The molecule has 2 aromatic heterocycles. The predicted octanol–water partition coefficient (Wildman–Crippen LogP) is 2.84. The fourth-order valence-corrected chi connectivity index (χ4v) is 2.35. The van der Waals surface area contributed by atoms with Gasteiger partial charge < -0.3 is 10.3 Å². The lowest BCUT2D eigenvalue weighted by Gasteiger charge is -2.05. The third-order valence-electron chi connectivity index (χ3n) is 3.33. The van der Waals surface area contributed by atoms with Gasteiger partial charge in [-0.05, 0) is 29.8 Å². The molecule has 0 fully saturated rings. The van der Waals surface area contributed by atoms with Crippen molar-refractivity contribution in [3.05, 3.63) is 54.0 Å². The molecule has 2 N–H and O–H groups in total. The zero-order valence-electron chi connectivity index (χ0n) is 10.6. The summed E-state index contributed by atoms with van der Waals surface area (Å²) in [5, 5.41) is 0.873. The monoisotopic (exact) mass is 255 g/mol. The first kappa shape index (κ1) is 11.9. The number of benzene rings is 1. The molecule has 0 saturated heterocycles. The molecule has 0 unspecified atom stereocenters. The lowest BCUT2D eigenvalue weighted by Crippen LogP contribution is -1.99. The number of aryl methyl sites for hydroxylation is 1. The van der Waals surface area contributed by atoms with Crippen LogP contribution in [-0.4, -0.2) is 9.55 Å². The van der Waals surface area contributed by atoms with Crippen LogP contribution in [0.1, 0.15) is 5.56 Å². The van der Waals surface area contributed by atoms with E-state index in [1.165, 1.54) is 6.07 Å². The normalized spacial score (nSPS) is 11.1. The van der Waals surface area contributed by atoms with E-state index in [1.54, 1.807) is 12.3 Å². The minimum absolute atomic E-state index is 0.221. The zero-order chi connectivity index (χ0) is 13.4. The van der Waals surface area contributed by atoms with E-state index < -0.39 is 0 Å². The molecule has 19 heavy (non-hydrogen) atoms. The molecule has 96 valence electrons. The maximum absolute atomic E-state index is 13.9. The fourth-order valence-electron chi connectivity index (χ4n) is 2.35. The van der Waals surface area contributed by atoms with Crippen LogP contribution in [0.4, 0.5) is 4.39 Å². The summed E-state index contributed by atoms with van der Waals surface area (Å²) in [6, 6.07) is 10.8. The van der Waals surface area contributed by atoms with Gasteiger partial charge in [-0.15, -0.1) is 0 Å². The second-order valence-corrected chi connectivity index (χ2v) is 4.52. The van der Waals surface area contributed by atoms with Crippen molar-refractivity contribution in [2.45, 2.75) is 6.54 Å². The maximum atomic E-state index is 13.9. The van der Waals surface area contributed by atoms with Crippen LogP contribution < -0.4 is 5.73 Å². The van der Waals surface area contributed by atoms with Gasteiger partial charge in [-0.1, -0.05) is 12.1 Å². The number of para-hydroxylation sites is 1. The van der Waals surface area contributed by atoms with Gasteiger partial charge in [-0.25, -0.2) is 4.39 Å². The van der Waals surface area contributed by atoms with Gasteiger partial charge >= 0.3 is 0 Å². The van der Waals surface area contributed by atoms with Gasteiger partial charge in [0.1, 0.15) is 5.82 Å². The average Bonchev–Trinajstić information content (AvgIpc) is 2.77. The van der Waals surface area contributed by atoms with E-state index in [0.29, 0.717) is 12.1 Å². The fraction of sp³-hybridized carbons (Fsp3) is 0.133. The Labute approximate surface area is 110 Å². The second kappa shape index (κ2) is 4.48. The van der Waals surface area contributed by atoms with Crippen LogP contribution in [0.2, 0.25) is 0 Å². The van der Waals surface area contributed by atoms with Crippen molar-refractivity contribution in [2.75, 3.05) is 0 Å². The molecule has 3 rings (SSSR count). The lowest BCUT2D eigenvalue weighted by atomic mass is 10.2. The Bertz CT molecular complexity index is 746. The van der Waals surface area contributed by atoms with E-state index in [4.69, 9.17) is 5.73 Å². The molecule has 0 bridgehead atoms. The van der Waals surface area contributed by atoms with Crippen molar-refractivity contribution in [3.63, 3.8) is 0 Å². The Morgan fingerprint density at radius 3 is 2.84 bits per heavy atom. The number of fused-ring (bicyclic) bond motifs is 1. The van der Waals surface area contributed by atoms with Gasteiger partial charge in [0.25, 0.3) is 0 Å². The van der Waals surface area contributed by atoms with Gasteiger partial charge in [-0.2, -0.15) is 0 Å². The number of rotatable bonds is 2. The van der Waals surface area contributed by atoms with E-state index in [2.05, 4.69) is 4.98 Å². The van der Waals surface area contributed by atoms with E-state index in [9.17, 15) is 4.39 Å². The largest absolute Gasteiger partial charge is 0.340 e. The number of aromatic nitrogens is 2. The van der Waals surface area contributed by atoms with Crippen molar-refractivity contribution in [1.29, 1.82) is 0 Å². The Balaban J connectivity index is 2.25. The van der Waals surface area contributed by atoms with E-state index in [1.807, 2.05) is 35.9 Å². The summed E-state index contributed by atoms with van der Waals surface area (Å²) in [6.07, 6.45) is 1.73. The van der Waals surface area contributed by atoms with Crippen LogP contribution in [0.15, 0.2) is 42.6 Å². The van der Waals surface area contributed by atoms with E-state index in [-0.39, 0.29) is 5.82 Å². The molecule has 2 heterocycles. The molecule has 0 amide bonds. The first-order valence-corrected chi connectivity index (χ1v) is 6.10. The minimum Gasteiger partial charge on any atom is -0.340 e. The van der Waals surface area contributed by atoms with Gasteiger partial charge in [0.2, 0.25) is 0 Å². The first-order valence-electron chi connectivity index (χ1n) is 6.10. The highest BCUT2D eigenvalue weighted by atomic mass is 19.1. The lowest BCUT2D eigenvalue weighted by molar-refractivity contribution is 0.632. The predicted molar refractivity (Wildman–Crippen MR) is 74.0 cm³/mol. The number of hydrogen-bond acceptors (Lipinski definition) is 2. The summed E-state index contributed by atoms with van der Waals surface area (Å²) in [5.74, 6) is -0.221. The quantitative estimate of drug-likeness (QED) is 0.765. The highest BCUT2D eigenvalue weighted by Crippen LogP contribution is 2.27. The molecule has 3 nitrogen and oxygen atoms in total. The third kappa shape index (κ3) is 1.90. The first-order chi connectivity index (χ1) is 9.20. The van der Waals surface area contributed by atoms with E-state index >= 15 is 0 Å².